The van der Waals surface area contributed by atoms with Gasteiger partial charge in [0.05, 0.1) is 11.7 Å². The highest BCUT2D eigenvalue weighted by Gasteiger charge is 2.15. The van der Waals surface area contributed by atoms with E-state index in [9.17, 15) is 4.39 Å². The maximum atomic E-state index is 14.0. The monoisotopic (exact) mass is 284 g/mol. The molecule has 0 N–H and O–H groups in total. The number of hydrogen-bond acceptors (Lipinski definition) is 3. The fraction of sp³-hybridized carbons (Fsp3) is 0.312. The van der Waals surface area contributed by atoms with Crippen molar-refractivity contribution < 1.29 is 4.39 Å². The maximum absolute atomic E-state index is 14.0. The van der Waals surface area contributed by atoms with Gasteiger partial charge in [0.25, 0.3) is 0 Å². The summed E-state index contributed by atoms with van der Waals surface area (Å²) in [6.07, 6.45) is 1.22. The fourth-order valence-corrected chi connectivity index (χ4v) is 2.71. The third kappa shape index (κ3) is 2.28. The molecule has 0 amide bonds. The van der Waals surface area contributed by atoms with Gasteiger partial charge in [0.15, 0.2) is 5.82 Å². The van der Waals surface area contributed by atoms with E-state index in [2.05, 4.69) is 28.9 Å². The van der Waals surface area contributed by atoms with Crippen LogP contribution in [0, 0.1) is 12.7 Å². The molecule has 0 aliphatic carbocycles. The fourth-order valence-electron chi connectivity index (χ4n) is 2.71. The molecular weight excluding hydrogens is 267 g/mol. The van der Waals surface area contributed by atoms with Gasteiger partial charge in [0.2, 0.25) is 0 Å². The lowest BCUT2D eigenvalue weighted by Crippen LogP contribution is -1.99. The Kier molecular flexibility index (Phi) is 3.20. The van der Waals surface area contributed by atoms with Crippen molar-refractivity contribution in [1.29, 1.82) is 0 Å². The average Bonchev–Trinajstić information content (AvgIpc) is 2.76. The Labute approximate surface area is 122 Å². The van der Waals surface area contributed by atoms with Crippen molar-refractivity contribution in [2.45, 2.75) is 26.7 Å². The summed E-state index contributed by atoms with van der Waals surface area (Å²) in [5, 5.41) is 5.54. The number of nitrogens with zero attached hydrogens (tertiary/aromatic N) is 4. The molecule has 2 aromatic heterocycles. The molecule has 0 aliphatic heterocycles. The predicted octanol–water partition coefficient (Wildman–Crippen LogP) is 3.60. The minimum atomic E-state index is -0.407. The molecule has 0 radical (unpaired) electrons. The predicted molar refractivity (Wildman–Crippen MR) is 80.5 cm³/mol. The van der Waals surface area contributed by atoms with Gasteiger partial charge >= 0.3 is 0 Å². The Balaban J connectivity index is 2.25. The number of hydrogen-bond donors (Lipinski definition) is 0. The first-order chi connectivity index (χ1) is 9.97. The van der Waals surface area contributed by atoms with Crippen molar-refractivity contribution in [1.82, 2.24) is 19.7 Å². The first kappa shape index (κ1) is 13.7. The van der Waals surface area contributed by atoms with E-state index in [1.165, 1.54) is 6.20 Å². The topological polar surface area (TPSA) is 43.6 Å². The van der Waals surface area contributed by atoms with E-state index in [-0.39, 0.29) is 0 Å². The number of halogens is 1. The second-order valence-electron chi connectivity index (χ2n) is 5.51. The van der Waals surface area contributed by atoms with Crippen molar-refractivity contribution in [2.75, 3.05) is 0 Å². The Morgan fingerprint density at radius 1 is 1.24 bits per heavy atom. The highest BCUT2D eigenvalue weighted by atomic mass is 19.1. The Morgan fingerprint density at radius 2 is 2.00 bits per heavy atom. The van der Waals surface area contributed by atoms with E-state index in [0.717, 1.165) is 22.2 Å². The van der Waals surface area contributed by atoms with Gasteiger partial charge in [-0.2, -0.15) is 5.10 Å². The molecule has 0 aliphatic rings. The van der Waals surface area contributed by atoms with Gasteiger partial charge in [-0.1, -0.05) is 19.9 Å². The van der Waals surface area contributed by atoms with Crippen molar-refractivity contribution in [3.63, 3.8) is 0 Å². The van der Waals surface area contributed by atoms with E-state index in [1.54, 1.807) is 6.92 Å². The van der Waals surface area contributed by atoms with Crippen LogP contribution >= 0.6 is 0 Å². The average molecular weight is 284 g/mol. The highest BCUT2D eigenvalue weighted by Crippen LogP contribution is 2.29. The standard InChI is InChI=1S/C16H17FN4/c1-9(2)16-12-7-11(5-6-14(12)20-21(16)4)15-13(17)8-18-10(3)19-15/h5-9H,1-4H3. The molecule has 3 rings (SSSR count). The van der Waals surface area contributed by atoms with Gasteiger partial charge < -0.3 is 0 Å². The Hall–Kier alpha value is -2.30. The second kappa shape index (κ2) is 4.91. The Morgan fingerprint density at radius 3 is 2.71 bits per heavy atom. The SMILES string of the molecule is Cc1ncc(F)c(-c2ccc3nn(C)c(C(C)C)c3c2)n1. The van der Waals surface area contributed by atoms with E-state index in [1.807, 2.05) is 29.9 Å². The summed E-state index contributed by atoms with van der Waals surface area (Å²) in [4.78, 5) is 8.09. The van der Waals surface area contributed by atoms with E-state index < -0.39 is 5.82 Å². The normalized spacial score (nSPS) is 11.5. The molecule has 2 heterocycles. The lowest BCUT2D eigenvalue weighted by molar-refractivity contribution is 0.615. The van der Waals surface area contributed by atoms with Gasteiger partial charge in [0, 0.05) is 23.7 Å². The molecule has 0 atom stereocenters. The zero-order valence-corrected chi connectivity index (χ0v) is 12.6. The molecule has 21 heavy (non-hydrogen) atoms. The van der Waals surface area contributed by atoms with Crippen LogP contribution in [0.1, 0.15) is 31.3 Å². The zero-order valence-electron chi connectivity index (χ0n) is 12.6. The number of benzene rings is 1. The number of rotatable bonds is 2. The molecule has 0 fully saturated rings. The lowest BCUT2D eigenvalue weighted by atomic mass is 10.0. The Bertz CT molecular complexity index is 821. The minimum absolute atomic E-state index is 0.336. The molecule has 108 valence electrons. The summed E-state index contributed by atoms with van der Waals surface area (Å²) < 4.78 is 15.9. The van der Waals surface area contributed by atoms with Crippen LogP contribution in [0.3, 0.4) is 0 Å². The third-order valence-corrected chi connectivity index (χ3v) is 3.56. The van der Waals surface area contributed by atoms with Crippen LogP contribution in [-0.4, -0.2) is 19.7 Å². The van der Waals surface area contributed by atoms with E-state index >= 15 is 0 Å². The molecule has 0 unspecified atom stereocenters. The molecule has 3 aromatic rings. The van der Waals surface area contributed by atoms with Crippen molar-refractivity contribution in [3.8, 4) is 11.3 Å². The van der Waals surface area contributed by atoms with Gasteiger partial charge in [-0.15, -0.1) is 0 Å². The molecule has 0 saturated heterocycles. The first-order valence-corrected chi connectivity index (χ1v) is 6.93. The van der Waals surface area contributed by atoms with Gasteiger partial charge in [-0.25, -0.2) is 14.4 Å². The number of aryl methyl sites for hydroxylation is 2. The molecular formula is C16H17FN4. The summed E-state index contributed by atoms with van der Waals surface area (Å²) >= 11 is 0. The molecule has 0 saturated carbocycles. The summed E-state index contributed by atoms with van der Waals surface area (Å²) in [6.45, 7) is 6.00. The second-order valence-corrected chi connectivity index (χ2v) is 5.51. The van der Waals surface area contributed by atoms with Gasteiger partial charge in [-0.05, 0) is 25.0 Å². The summed E-state index contributed by atoms with van der Waals surface area (Å²) in [5.74, 6) is 0.490. The molecule has 1 aromatic carbocycles. The van der Waals surface area contributed by atoms with Crippen LogP contribution in [0.25, 0.3) is 22.2 Å². The van der Waals surface area contributed by atoms with E-state index in [0.29, 0.717) is 17.4 Å². The third-order valence-electron chi connectivity index (χ3n) is 3.56. The van der Waals surface area contributed by atoms with Crippen LogP contribution in [-0.2, 0) is 7.05 Å². The first-order valence-electron chi connectivity index (χ1n) is 6.93. The summed E-state index contributed by atoms with van der Waals surface area (Å²) in [7, 11) is 1.93. The smallest absolute Gasteiger partial charge is 0.167 e. The highest BCUT2D eigenvalue weighted by molar-refractivity contribution is 5.86. The zero-order chi connectivity index (χ0) is 15.1. The van der Waals surface area contributed by atoms with Gasteiger partial charge in [-0.3, -0.25) is 4.68 Å². The van der Waals surface area contributed by atoms with Crippen molar-refractivity contribution in [3.05, 3.63) is 41.7 Å². The van der Waals surface area contributed by atoms with Crippen LogP contribution in [0.15, 0.2) is 24.4 Å². The van der Waals surface area contributed by atoms with Gasteiger partial charge in [0.1, 0.15) is 11.5 Å². The van der Waals surface area contributed by atoms with Crippen LogP contribution in [0.5, 0.6) is 0 Å². The summed E-state index contributed by atoms with van der Waals surface area (Å²) in [6, 6.07) is 5.72. The van der Waals surface area contributed by atoms with Crippen LogP contribution in [0.4, 0.5) is 4.39 Å². The van der Waals surface area contributed by atoms with Crippen molar-refractivity contribution >= 4 is 10.9 Å². The minimum Gasteiger partial charge on any atom is -0.271 e. The molecule has 0 spiro atoms. The largest absolute Gasteiger partial charge is 0.271 e. The quantitative estimate of drug-likeness (QED) is 0.722. The van der Waals surface area contributed by atoms with E-state index in [4.69, 9.17) is 0 Å². The maximum Gasteiger partial charge on any atom is 0.167 e. The lowest BCUT2D eigenvalue weighted by Gasteiger charge is -2.07. The molecule has 4 nitrogen and oxygen atoms in total. The summed E-state index contributed by atoms with van der Waals surface area (Å²) in [5.41, 5.74) is 3.14. The molecule has 5 heteroatoms. The number of fused-ring (bicyclic) bond motifs is 1. The van der Waals surface area contributed by atoms with Crippen LogP contribution < -0.4 is 0 Å². The van der Waals surface area contributed by atoms with Crippen LogP contribution in [0.2, 0.25) is 0 Å². The number of aromatic nitrogens is 4. The van der Waals surface area contributed by atoms with Crippen molar-refractivity contribution in [2.24, 2.45) is 7.05 Å². The molecule has 0 bridgehead atoms.